The van der Waals surface area contributed by atoms with Crippen molar-refractivity contribution in [3.63, 3.8) is 0 Å². The number of likely N-dealkylation sites (tertiary alicyclic amines) is 1. The summed E-state index contributed by atoms with van der Waals surface area (Å²) in [6.45, 7) is 13.2. The summed E-state index contributed by atoms with van der Waals surface area (Å²) in [5.41, 5.74) is 0. The van der Waals surface area contributed by atoms with Crippen molar-refractivity contribution in [1.29, 1.82) is 0 Å². The average molecular weight is 242 g/mol. The maximum atomic E-state index is 5.53. The van der Waals surface area contributed by atoms with Crippen LogP contribution >= 0.6 is 0 Å². The zero-order chi connectivity index (χ0) is 12.7. The van der Waals surface area contributed by atoms with Crippen molar-refractivity contribution >= 4 is 0 Å². The molecule has 0 aromatic carbocycles. The molecule has 0 aromatic rings. The van der Waals surface area contributed by atoms with Gasteiger partial charge in [0.25, 0.3) is 0 Å². The highest BCUT2D eigenvalue weighted by Crippen LogP contribution is 2.12. The molecule has 1 N–H and O–H groups in total. The second-order valence-electron chi connectivity index (χ2n) is 5.63. The van der Waals surface area contributed by atoms with Gasteiger partial charge >= 0.3 is 0 Å². The van der Waals surface area contributed by atoms with Crippen molar-refractivity contribution in [2.75, 3.05) is 26.2 Å². The Morgan fingerprint density at radius 1 is 1.18 bits per heavy atom. The molecule has 0 radical (unpaired) electrons. The van der Waals surface area contributed by atoms with Crippen LogP contribution in [0.25, 0.3) is 0 Å². The summed E-state index contributed by atoms with van der Waals surface area (Å²) in [6.07, 6.45) is 4.08. The maximum Gasteiger partial charge on any atom is 0.0518 e. The molecule has 0 amide bonds. The van der Waals surface area contributed by atoms with Gasteiger partial charge in [0.2, 0.25) is 0 Å². The van der Waals surface area contributed by atoms with Crippen molar-refractivity contribution in [2.45, 2.75) is 65.1 Å². The highest BCUT2D eigenvalue weighted by Gasteiger charge is 2.19. The van der Waals surface area contributed by atoms with Gasteiger partial charge in [-0.25, -0.2) is 0 Å². The predicted molar refractivity (Wildman–Crippen MR) is 73.4 cm³/mol. The molecule has 0 aromatic heterocycles. The number of hydrogen-bond acceptors (Lipinski definition) is 3. The van der Waals surface area contributed by atoms with Crippen LogP contribution in [0.2, 0.25) is 0 Å². The molecule has 3 heteroatoms. The first-order chi connectivity index (χ1) is 8.09. The molecule has 1 saturated heterocycles. The van der Waals surface area contributed by atoms with E-state index in [0.29, 0.717) is 12.1 Å². The Bertz CT molecular complexity index is 187. The van der Waals surface area contributed by atoms with Gasteiger partial charge in [-0.15, -0.1) is 0 Å². The third-order valence-electron chi connectivity index (χ3n) is 3.47. The molecule has 0 aliphatic carbocycles. The topological polar surface area (TPSA) is 24.5 Å². The van der Waals surface area contributed by atoms with E-state index in [4.69, 9.17) is 4.74 Å². The molecule has 0 spiro atoms. The fraction of sp³-hybridized carbons (Fsp3) is 1.00. The third kappa shape index (κ3) is 6.39. The lowest BCUT2D eigenvalue weighted by molar-refractivity contribution is 0.0759. The molecule has 0 saturated carbocycles. The standard InChI is InChI=1S/C14H30N2O/c1-12(2)16-9-6-14(7-10-16)15-8-5-11-17-13(3)4/h12-15H,5-11H2,1-4H3. The zero-order valence-corrected chi connectivity index (χ0v) is 12.0. The number of ether oxygens (including phenoxy) is 1. The molecular weight excluding hydrogens is 212 g/mol. The van der Waals surface area contributed by atoms with Gasteiger partial charge in [0.15, 0.2) is 0 Å². The minimum absolute atomic E-state index is 0.365. The van der Waals surface area contributed by atoms with Gasteiger partial charge in [-0.1, -0.05) is 0 Å². The fourth-order valence-corrected chi connectivity index (χ4v) is 2.32. The largest absolute Gasteiger partial charge is 0.379 e. The van der Waals surface area contributed by atoms with Gasteiger partial charge in [0.05, 0.1) is 6.10 Å². The second kappa shape index (κ2) is 8.06. The van der Waals surface area contributed by atoms with E-state index in [0.717, 1.165) is 25.6 Å². The summed E-state index contributed by atoms with van der Waals surface area (Å²) in [5, 5.41) is 3.65. The predicted octanol–water partition coefficient (Wildman–Crippen LogP) is 2.26. The monoisotopic (exact) mass is 242 g/mol. The number of nitrogens with one attached hydrogen (secondary N) is 1. The molecule has 1 rings (SSSR count). The quantitative estimate of drug-likeness (QED) is 0.693. The van der Waals surface area contributed by atoms with Crippen LogP contribution in [0, 0.1) is 0 Å². The smallest absolute Gasteiger partial charge is 0.0518 e. The Morgan fingerprint density at radius 3 is 2.35 bits per heavy atom. The third-order valence-corrected chi connectivity index (χ3v) is 3.47. The molecule has 0 bridgehead atoms. The van der Waals surface area contributed by atoms with Crippen LogP contribution in [0.15, 0.2) is 0 Å². The van der Waals surface area contributed by atoms with Crippen LogP contribution in [-0.4, -0.2) is 49.3 Å². The SMILES string of the molecule is CC(C)OCCCNC1CCN(C(C)C)CC1. The molecule has 0 atom stereocenters. The van der Waals surface area contributed by atoms with E-state index in [1.54, 1.807) is 0 Å². The molecule has 1 heterocycles. The van der Waals surface area contributed by atoms with E-state index in [1.807, 2.05) is 0 Å². The minimum atomic E-state index is 0.365. The fourth-order valence-electron chi connectivity index (χ4n) is 2.32. The van der Waals surface area contributed by atoms with Gasteiger partial charge < -0.3 is 15.0 Å². The molecule has 1 aliphatic heterocycles. The molecule has 1 aliphatic rings. The van der Waals surface area contributed by atoms with Crippen molar-refractivity contribution in [3.05, 3.63) is 0 Å². The number of nitrogens with zero attached hydrogens (tertiary/aromatic N) is 1. The Hall–Kier alpha value is -0.120. The maximum absolute atomic E-state index is 5.53. The van der Waals surface area contributed by atoms with Gasteiger partial charge in [-0.05, 0) is 66.6 Å². The van der Waals surface area contributed by atoms with E-state index in [-0.39, 0.29) is 0 Å². The zero-order valence-electron chi connectivity index (χ0n) is 12.0. The lowest BCUT2D eigenvalue weighted by Crippen LogP contribution is -2.45. The normalized spacial score (nSPS) is 19.4. The first-order valence-corrected chi connectivity index (χ1v) is 7.18. The molecular formula is C14H30N2O. The Kier molecular flexibility index (Phi) is 7.09. The number of piperidine rings is 1. The lowest BCUT2D eigenvalue weighted by atomic mass is 10.0. The first-order valence-electron chi connectivity index (χ1n) is 7.18. The Morgan fingerprint density at radius 2 is 1.82 bits per heavy atom. The summed E-state index contributed by atoms with van der Waals surface area (Å²) in [7, 11) is 0. The number of rotatable bonds is 7. The summed E-state index contributed by atoms with van der Waals surface area (Å²) in [5.74, 6) is 0. The molecule has 3 nitrogen and oxygen atoms in total. The van der Waals surface area contributed by atoms with Crippen LogP contribution < -0.4 is 5.32 Å². The molecule has 17 heavy (non-hydrogen) atoms. The van der Waals surface area contributed by atoms with Crippen LogP contribution in [0.3, 0.4) is 0 Å². The molecule has 102 valence electrons. The number of hydrogen-bond donors (Lipinski definition) is 1. The summed E-state index contributed by atoms with van der Waals surface area (Å²) in [6, 6.07) is 1.43. The van der Waals surface area contributed by atoms with Crippen LogP contribution in [0.5, 0.6) is 0 Å². The van der Waals surface area contributed by atoms with Crippen LogP contribution in [0.1, 0.15) is 47.0 Å². The Labute approximate surface area is 107 Å². The molecule has 1 fully saturated rings. The van der Waals surface area contributed by atoms with Crippen LogP contribution in [0.4, 0.5) is 0 Å². The van der Waals surface area contributed by atoms with Crippen molar-refractivity contribution in [3.8, 4) is 0 Å². The highest BCUT2D eigenvalue weighted by molar-refractivity contribution is 4.78. The lowest BCUT2D eigenvalue weighted by Gasteiger charge is -2.35. The van der Waals surface area contributed by atoms with Gasteiger partial charge in [0, 0.05) is 18.7 Å². The van der Waals surface area contributed by atoms with Gasteiger partial charge in [-0.2, -0.15) is 0 Å². The Balaban J connectivity index is 1.99. The van der Waals surface area contributed by atoms with Crippen LogP contribution in [-0.2, 0) is 4.74 Å². The molecule has 0 unspecified atom stereocenters. The van der Waals surface area contributed by atoms with E-state index in [1.165, 1.54) is 25.9 Å². The van der Waals surface area contributed by atoms with Crippen molar-refractivity contribution in [1.82, 2.24) is 10.2 Å². The highest BCUT2D eigenvalue weighted by atomic mass is 16.5. The van der Waals surface area contributed by atoms with Gasteiger partial charge in [-0.3, -0.25) is 0 Å². The summed E-state index contributed by atoms with van der Waals surface area (Å²) < 4.78 is 5.53. The van der Waals surface area contributed by atoms with E-state index in [2.05, 4.69) is 37.9 Å². The van der Waals surface area contributed by atoms with Gasteiger partial charge in [0.1, 0.15) is 0 Å². The van der Waals surface area contributed by atoms with Crippen molar-refractivity contribution < 1.29 is 4.74 Å². The van der Waals surface area contributed by atoms with E-state index >= 15 is 0 Å². The van der Waals surface area contributed by atoms with E-state index in [9.17, 15) is 0 Å². The second-order valence-corrected chi connectivity index (χ2v) is 5.63. The first kappa shape index (κ1) is 14.9. The minimum Gasteiger partial charge on any atom is -0.379 e. The van der Waals surface area contributed by atoms with E-state index < -0.39 is 0 Å². The summed E-state index contributed by atoms with van der Waals surface area (Å²) in [4.78, 5) is 2.57. The van der Waals surface area contributed by atoms with Crippen molar-refractivity contribution in [2.24, 2.45) is 0 Å². The average Bonchev–Trinajstić information content (AvgIpc) is 2.29. The summed E-state index contributed by atoms with van der Waals surface area (Å²) >= 11 is 0.